The molecule has 0 atom stereocenters. The molecule has 0 saturated heterocycles. The molecular formula is C18H18N4O3. The first-order chi connectivity index (χ1) is 12.1. The SMILES string of the molecule is CC(C)n1nccc1-c1ncccc1COc1[nH]ccc(=O)c1C=O. The Kier molecular flexibility index (Phi) is 4.74. The first-order valence-corrected chi connectivity index (χ1v) is 7.89. The molecular weight excluding hydrogens is 320 g/mol. The fourth-order valence-electron chi connectivity index (χ4n) is 2.55. The topological polar surface area (TPSA) is 89.9 Å². The minimum atomic E-state index is -0.381. The zero-order chi connectivity index (χ0) is 17.8. The summed E-state index contributed by atoms with van der Waals surface area (Å²) in [6.45, 7) is 4.24. The van der Waals surface area contributed by atoms with E-state index in [2.05, 4.69) is 15.1 Å². The van der Waals surface area contributed by atoms with Crippen molar-refractivity contribution in [1.29, 1.82) is 0 Å². The first-order valence-electron chi connectivity index (χ1n) is 7.89. The second kappa shape index (κ2) is 7.12. The van der Waals surface area contributed by atoms with E-state index in [1.54, 1.807) is 12.4 Å². The van der Waals surface area contributed by atoms with Gasteiger partial charge in [0.1, 0.15) is 12.2 Å². The lowest BCUT2D eigenvalue weighted by Crippen LogP contribution is -2.12. The van der Waals surface area contributed by atoms with Gasteiger partial charge < -0.3 is 9.72 Å². The quantitative estimate of drug-likeness (QED) is 0.698. The van der Waals surface area contributed by atoms with Gasteiger partial charge in [-0.25, -0.2) is 0 Å². The van der Waals surface area contributed by atoms with Gasteiger partial charge in [0.2, 0.25) is 5.88 Å². The van der Waals surface area contributed by atoms with E-state index in [1.807, 2.05) is 36.7 Å². The van der Waals surface area contributed by atoms with Crippen LogP contribution in [0.25, 0.3) is 11.4 Å². The van der Waals surface area contributed by atoms with E-state index in [0.29, 0.717) is 6.29 Å². The lowest BCUT2D eigenvalue weighted by molar-refractivity contribution is 0.111. The number of nitrogens with zero attached hydrogens (tertiary/aromatic N) is 3. The molecule has 0 unspecified atom stereocenters. The molecule has 25 heavy (non-hydrogen) atoms. The van der Waals surface area contributed by atoms with Crippen molar-refractivity contribution in [3.05, 3.63) is 64.2 Å². The van der Waals surface area contributed by atoms with Gasteiger partial charge in [0.25, 0.3) is 0 Å². The van der Waals surface area contributed by atoms with Crippen LogP contribution in [-0.2, 0) is 6.61 Å². The van der Waals surface area contributed by atoms with Crippen LogP contribution in [0.4, 0.5) is 0 Å². The number of hydrogen-bond donors (Lipinski definition) is 1. The molecule has 1 N–H and O–H groups in total. The second-order valence-corrected chi connectivity index (χ2v) is 5.76. The third-order valence-corrected chi connectivity index (χ3v) is 3.74. The zero-order valence-corrected chi connectivity index (χ0v) is 14.0. The van der Waals surface area contributed by atoms with Gasteiger partial charge in [-0.05, 0) is 26.0 Å². The second-order valence-electron chi connectivity index (χ2n) is 5.76. The van der Waals surface area contributed by atoms with Crippen molar-refractivity contribution in [3.8, 4) is 17.3 Å². The van der Waals surface area contributed by atoms with Crippen molar-refractivity contribution in [1.82, 2.24) is 19.7 Å². The molecule has 0 spiro atoms. The lowest BCUT2D eigenvalue weighted by Gasteiger charge is -2.14. The number of ether oxygens (including phenoxy) is 1. The Balaban J connectivity index is 1.93. The molecule has 0 bridgehead atoms. The van der Waals surface area contributed by atoms with Gasteiger partial charge in [-0.3, -0.25) is 19.3 Å². The number of H-pyrrole nitrogens is 1. The Bertz CT molecular complexity index is 943. The molecule has 0 aromatic carbocycles. The maximum Gasteiger partial charge on any atom is 0.205 e. The Morgan fingerprint density at radius 1 is 1.28 bits per heavy atom. The standard InChI is InChI=1S/C18H18N4O3/c1-12(2)22-15(5-9-21-22)17-13(4-3-7-19-17)11-25-18-14(10-23)16(24)6-8-20-18/h3-10,12H,11H2,1-2H3,(H,20,24). The van der Waals surface area contributed by atoms with Gasteiger partial charge in [-0.15, -0.1) is 0 Å². The van der Waals surface area contributed by atoms with Crippen LogP contribution in [0, 0.1) is 0 Å². The Labute approximate surface area is 144 Å². The highest BCUT2D eigenvalue weighted by Gasteiger charge is 2.15. The van der Waals surface area contributed by atoms with Crippen LogP contribution in [0.3, 0.4) is 0 Å². The normalized spacial score (nSPS) is 10.8. The Morgan fingerprint density at radius 3 is 2.88 bits per heavy atom. The van der Waals surface area contributed by atoms with Crippen LogP contribution in [-0.4, -0.2) is 26.0 Å². The van der Waals surface area contributed by atoms with Crippen molar-refractivity contribution in [3.63, 3.8) is 0 Å². The molecule has 0 aliphatic rings. The van der Waals surface area contributed by atoms with Gasteiger partial charge in [-0.1, -0.05) is 6.07 Å². The predicted octanol–water partition coefficient (Wildman–Crippen LogP) is 2.61. The molecule has 3 heterocycles. The summed E-state index contributed by atoms with van der Waals surface area (Å²) in [5.41, 5.74) is 2.05. The minimum absolute atomic E-state index is 0.0276. The number of carbonyl (C=O) groups excluding carboxylic acids is 1. The number of carbonyl (C=O) groups is 1. The Morgan fingerprint density at radius 2 is 2.12 bits per heavy atom. The van der Waals surface area contributed by atoms with Crippen molar-refractivity contribution >= 4 is 6.29 Å². The molecule has 0 aliphatic heterocycles. The van der Waals surface area contributed by atoms with Gasteiger partial charge in [0.05, 0.1) is 11.4 Å². The lowest BCUT2D eigenvalue weighted by atomic mass is 10.1. The molecule has 3 aromatic rings. The van der Waals surface area contributed by atoms with E-state index >= 15 is 0 Å². The van der Waals surface area contributed by atoms with E-state index in [0.717, 1.165) is 17.0 Å². The molecule has 0 fully saturated rings. The highest BCUT2D eigenvalue weighted by Crippen LogP contribution is 2.24. The summed E-state index contributed by atoms with van der Waals surface area (Å²) in [6.07, 6.45) is 5.38. The largest absolute Gasteiger partial charge is 0.473 e. The summed E-state index contributed by atoms with van der Waals surface area (Å²) in [5.74, 6) is 0.148. The third kappa shape index (κ3) is 3.35. The van der Waals surface area contributed by atoms with Crippen LogP contribution in [0.15, 0.2) is 47.7 Å². The predicted molar refractivity (Wildman–Crippen MR) is 92.6 cm³/mol. The molecule has 0 saturated carbocycles. The summed E-state index contributed by atoms with van der Waals surface area (Å²) in [6, 6.07) is 7.07. The Hall–Kier alpha value is -3.22. The summed E-state index contributed by atoms with van der Waals surface area (Å²) in [4.78, 5) is 30.1. The molecule has 7 nitrogen and oxygen atoms in total. The molecule has 0 radical (unpaired) electrons. The molecule has 3 rings (SSSR count). The number of nitrogens with one attached hydrogen (secondary N) is 1. The fourth-order valence-corrected chi connectivity index (χ4v) is 2.55. The number of aromatic amines is 1. The fraction of sp³-hybridized carbons (Fsp3) is 0.222. The summed E-state index contributed by atoms with van der Waals surface area (Å²) in [7, 11) is 0. The van der Waals surface area contributed by atoms with Crippen molar-refractivity contribution in [2.75, 3.05) is 0 Å². The molecule has 0 aliphatic carbocycles. The van der Waals surface area contributed by atoms with Crippen molar-refractivity contribution < 1.29 is 9.53 Å². The molecule has 128 valence electrons. The summed E-state index contributed by atoms with van der Waals surface area (Å²) in [5, 5.41) is 4.33. The summed E-state index contributed by atoms with van der Waals surface area (Å²) >= 11 is 0. The number of aromatic nitrogens is 4. The number of hydrogen-bond acceptors (Lipinski definition) is 5. The zero-order valence-electron chi connectivity index (χ0n) is 14.0. The minimum Gasteiger partial charge on any atom is -0.473 e. The van der Waals surface area contributed by atoms with Crippen LogP contribution >= 0.6 is 0 Å². The van der Waals surface area contributed by atoms with Crippen molar-refractivity contribution in [2.45, 2.75) is 26.5 Å². The maximum atomic E-state index is 11.7. The van der Waals surface area contributed by atoms with Gasteiger partial charge in [0, 0.05) is 36.3 Å². The highest BCUT2D eigenvalue weighted by atomic mass is 16.5. The van der Waals surface area contributed by atoms with Crippen LogP contribution < -0.4 is 10.2 Å². The monoisotopic (exact) mass is 338 g/mol. The average Bonchev–Trinajstić information content (AvgIpc) is 3.10. The summed E-state index contributed by atoms with van der Waals surface area (Å²) < 4.78 is 7.56. The van der Waals surface area contributed by atoms with Crippen LogP contribution in [0.2, 0.25) is 0 Å². The van der Waals surface area contributed by atoms with Gasteiger partial charge in [0.15, 0.2) is 11.7 Å². The average molecular weight is 338 g/mol. The molecule has 3 aromatic heterocycles. The highest BCUT2D eigenvalue weighted by molar-refractivity contribution is 5.77. The van der Waals surface area contributed by atoms with E-state index in [9.17, 15) is 9.59 Å². The van der Waals surface area contributed by atoms with E-state index < -0.39 is 0 Å². The van der Waals surface area contributed by atoms with Crippen LogP contribution in [0.1, 0.15) is 35.8 Å². The number of aldehydes is 1. The van der Waals surface area contributed by atoms with E-state index in [1.165, 1.54) is 12.3 Å². The number of rotatable bonds is 6. The smallest absolute Gasteiger partial charge is 0.205 e. The third-order valence-electron chi connectivity index (χ3n) is 3.74. The first kappa shape index (κ1) is 16.6. The van der Waals surface area contributed by atoms with Gasteiger partial charge in [-0.2, -0.15) is 5.10 Å². The van der Waals surface area contributed by atoms with E-state index in [4.69, 9.17) is 4.74 Å². The van der Waals surface area contributed by atoms with Crippen molar-refractivity contribution in [2.24, 2.45) is 0 Å². The van der Waals surface area contributed by atoms with Crippen LogP contribution in [0.5, 0.6) is 5.88 Å². The van der Waals surface area contributed by atoms with E-state index in [-0.39, 0.29) is 29.5 Å². The molecule has 7 heteroatoms. The van der Waals surface area contributed by atoms with Gasteiger partial charge >= 0.3 is 0 Å². The maximum absolute atomic E-state index is 11.7. The molecule has 0 amide bonds. The number of pyridine rings is 2.